The van der Waals surface area contributed by atoms with Crippen LogP contribution in [0.5, 0.6) is 5.75 Å². The van der Waals surface area contributed by atoms with Gasteiger partial charge in [-0.1, -0.05) is 13.8 Å². The Morgan fingerprint density at radius 2 is 2.26 bits per heavy atom. The third kappa shape index (κ3) is 3.53. The average Bonchev–Trinajstić information content (AvgIpc) is 2.35. The summed E-state index contributed by atoms with van der Waals surface area (Å²) in [6.45, 7) is 5.34. The van der Waals surface area contributed by atoms with E-state index in [-0.39, 0.29) is 12.5 Å². The number of nitrogens with two attached hydrogens (primary N) is 1. The molecule has 104 valence electrons. The predicted octanol–water partition coefficient (Wildman–Crippen LogP) is 2.45. The molecule has 1 aromatic carbocycles. The number of ether oxygens (including phenoxy) is 1. The highest BCUT2D eigenvalue weighted by Gasteiger charge is 2.17. The van der Waals surface area contributed by atoms with Gasteiger partial charge >= 0.3 is 0 Å². The first kappa shape index (κ1) is 13.5. The number of nitrogens with one attached hydrogen (secondary N) is 2. The van der Waals surface area contributed by atoms with Crippen molar-refractivity contribution >= 4 is 23.0 Å². The molecule has 0 saturated heterocycles. The summed E-state index contributed by atoms with van der Waals surface area (Å²) in [4.78, 5) is 11.3. The Morgan fingerprint density at radius 3 is 3.00 bits per heavy atom. The second kappa shape index (κ2) is 5.82. The second-order valence-electron chi connectivity index (χ2n) is 5.24. The summed E-state index contributed by atoms with van der Waals surface area (Å²) in [6.07, 6.45) is 2.27. The molecule has 1 heterocycles. The maximum atomic E-state index is 11.3. The molecular weight excluding hydrogens is 242 g/mol. The van der Waals surface area contributed by atoms with Crippen molar-refractivity contribution in [1.29, 1.82) is 0 Å². The van der Waals surface area contributed by atoms with E-state index in [1.54, 1.807) is 6.07 Å². The number of carbonyl (C=O) groups is 1. The van der Waals surface area contributed by atoms with Gasteiger partial charge in [0.05, 0.1) is 17.1 Å². The molecule has 1 amide bonds. The Labute approximate surface area is 113 Å². The van der Waals surface area contributed by atoms with Crippen LogP contribution in [0.3, 0.4) is 0 Å². The first-order valence-corrected chi connectivity index (χ1v) is 6.66. The largest absolute Gasteiger partial charge is 0.482 e. The molecule has 0 radical (unpaired) electrons. The highest BCUT2D eigenvalue weighted by molar-refractivity contribution is 5.97. The maximum absolute atomic E-state index is 11.3. The summed E-state index contributed by atoms with van der Waals surface area (Å²) in [6, 6.07) is 3.58. The van der Waals surface area contributed by atoms with Crippen molar-refractivity contribution in [2.45, 2.75) is 26.7 Å². The standard InChI is InChI=1S/C14H21N3O2/c1-9(2)4-3-5-16-11-7-12-13(6-10(11)15)19-8-14(18)17-12/h6-7,9,16H,3-5,8,15H2,1-2H3,(H,17,18). The summed E-state index contributed by atoms with van der Waals surface area (Å²) in [5, 5.41) is 6.08. The zero-order valence-electron chi connectivity index (χ0n) is 11.5. The molecule has 2 rings (SSSR count). The number of nitrogen functional groups attached to an aromatic ring is 1. The van der Waals surface area contributed by atoms with Gasteiger partial charge in [-0.2, -0.15) is 0 Å². The van der Waals surface area contributed by atoms with Crippen LogP contribution in [-0.4, -0.2) is 19.1 Å². The number of hydrogen-bond acceptors (Lipinski definition) is 4. The van der Waals surface area contributed by atoms with Crippen LogP contribution in [0.1, 0.15) is 26.7 Å². The SMILES string of the molecule is CC(C)CCCNc1cc2c(cc1N)OCC(=O)N2. The third-order valence-electron chi connectivity index (χ3n) is 3.06. The normalized spacial score (nSPS) is 13.7. The maximum Gasteiger partial charge on any atom is 0.262 e. The Hall–Kier alpha value is -1.91. The number of carbonyl (C=O) groups excluding carboxylic acids is 1. The van der Waals surface area contributed by atoms with Crippen LogP contribution < -0.4 is 21.1 Å². The van der Waals surface area contributed by atoms with Gasteiger partial charge in [-0.25, -0.2) is 0 Å². The van der Waals surface area contributed by atoms with E-state index in [1.807, 2.05) is 6.07 Å². The Kier molecular flexibility index (Phi) is 4.14. The number of fused-ring (bicyclic) bond motifs is 1. The van der Waals surface area contributed by atoms with Crippen LogP contribution in [0.25, 0.3) is 0 Å². The van der Waals surface area contributed by atoms with Crippen molar-refractivity contribution < 1.29 is 9.53 Å². The molecule has 0 atom stereocenters. The molecule has 5 heteroatoms. The number of benzene rings is 1. The molecule has 1 aromatic rings. The van der Waals surface area contributed by atoms with Gasteiger partial charge in [0, 0.05) is 12.6 Å². The molecule has 0 aliphatic carbocycles. The van der Waals surface area contributed by atoms with E-state index >= 15 is 0 Å². The number of rotatable bonds is 5. The van der Waals surface area contributed by atoms with Crippen molar-refractivity contribution in [3.63, 3.8) is 0 Å². The van der Waals surface area contributed by atoms with Gasteiger partial charge in [-0.05, 0) is 24.8 Å². The summed E-state index contributed by atoms with van der Waals surface area (Å²) in [5.74, 6) is 1.20. The first-order chi connectivity index (χ1) is 9.06. The van der Waals surface area contributed by atoms with Crippen molar-refractivity contribution in [2.24, 2.45) is 5.92 Å². The Balaban J connectivity index is 2.01. The van der Waals surface area contributed by atoms with Gasteiger partial charge in [-0.15, -0.1) is 0 Å². The van der Waals surface area contributed by atoms with Crippen molar-refractivity contribution in [1.82, 2.24) is 0 Å². The summed E-state index contributed by atoms with van der Waals surface area (Å²) < 4.78 is 5.31. The van der Waals surface area contributed by atoms with E-state index in [9.17, 15) is 4.79 Å². The van der Waals surface area contributed by atoms with Crippen LogP contribution in [-0.2, 0) is 4.79 Å². The molecule has 1 aliphatic heterocycles. The second-order valence-corrected chi connectivity index (χ2v) is 5.24. The Bertz CT molecular complexity index is 472. The fourth-order valence-electron chi connectivity index (χ4n) is 2.03. The molecule has 5 nitrogen and oxygen atoms in total. The molecule has 0 fully saturated rings. The van der Waals surface area contributed by atoms with Crippen molar-refractivity contribution in [2.75, 3.05) is 29.5 Å². The number of anilines is 3. The van der Waals surface area contributed by atoms with Crippen molar-refractivity contribution in [3.8, 4) is 5.75 Å². The fourth-order valence-corrected chi connectivity index (χ4v) is 2.03. The van der Waals surface area contributed by atoms with Crippen LogP contribution in [0.15, 0.2) is 12.1 Å². The third-order valence-corrected chi connectivity index (χ3v) is 3.06. The summed E-state index contributed by atoms with van der Waals surface area (Å²) >= 11 is 0. The van der Waals surface area contributed by atoms with Crippen LogP contribution in [0, 0.1) is 5.92 Å². The minimum absolute atomic E-state index is 0.0492. The topological polar surface area (TPSA) is 76.4 Å². The van der Waals surface area contributed by atoms with Crippen LogP contribution in [0.4, 0.5) is 17.1 Å². The lowest BCUT2D eigenvalue weighted by Crippen LogP contribution is -2.25. The molecule has 4 N–H and O–H groups in total. The number of hydrogen-bond donors (Lipinski definition) is 3. The molecular formula is C14H21N3O2. The zero-order chi connectivity index (χ0) is 13.8. The van der Waals surface area contributed by atoms with Gasteiger partial charge in [0.2, 0.25) is 0 Å². The highest BCUT2D eigenvalue weighted by atomic mass is 16.5. The molecule has 0 saturated carbocycles. The zero-order valence-corrected chi connectivity index (χ0v) is 11.5. The summed E-state index contributed by atoms with van der Waals surface area (Å²) in [5.41, 5.74) is 8.12. The van der Waals surface area contributed by atoms with E-state index in [0.717, 1.165) is 18.7 Å². The fraction of sp³-hybridized carbons (Fsp3) is 0.500. The van der Waals surface area contributed by atoms with Crippen LogP contribution >= 0.6 is 0 Å². The minimum atomic E-state index is -0.136. The van der Waals surface area contributed by atoms with E-state index in [4.69, 9.17) is 10.5 Å². The smallest absolute Gasteiger partial charge is 0.262 e. The lowest BCUT2D eigenvalue weighted by Gasteiger charge is -2.20. The van der Waals surface area contributed by atoms with E-state index in [0.29, 0.717) is 23.0 Å². The van der Waals surface area contributed by atoms with E-state index in [1.165, 1.54) is 6.42 Å². The van der Waals surface area contributed by atoms with Gasteiger partial charge in [0.25, 0.3) is 5.91 Å². The first-order valence-electron chi connectivity index (χ1n) is 6.66. The molecule has 1 aliphatic rings. The van der Waals surface area contributed by atoms with Gasteiger partial charge < -0.3 is 21.1 Å². The minimum Gasteiger partial charge on any atom is -0.482 e. The van der Waals surface area contributed by atoms with Gasteiger partial charge in [-0.3, -0.25) is 4.79 Å². The molecule has 0 unspecified atom stereocenters. The predicted molar refractivity (Wildman–Crippen MR) is 77.5 cm³/mol. The Morgan fingerprint density at radius 1 is 1.47 bits per heavy atom. The average molecular weight is 263 g/mol. The highest BCUT2D eigenvalue weighted by Crippen LogP contribution is 2.35. The van der Waals surface area contributed by atoms with E-state index < -0.39 is 0 Å². The molecule has 0 spiro atoms. The van der Waals surface area contributed by atoms with Gasteiger partial charge in [0.1, 0.15) is 5.75 Å². The molecule has 0 bridgehead atoms. The van der Waals surface area contributed by atoms with E-state index in [2.05, 4.69) is 24.5 Å². The number of amides is 1. The lowest BCUT2D eigenvalue weighted by molar-refractivity contribution is -0.118. The van der Waals surface area contributed by atoms with Crippen molar-refractivity contribution in [3.05, 3.63) is 12.1 Å². The quantitative estimate of drug-likeness (QED) is 0.563. The lowest BCUT2D eigenvalue weighted by atomic mass is 10.1. The van der Waals surface area contributed by atoms with Crippen LogP contribution in [0.2, 0.25) is 0 Å². The molecule has 19 heavy (non-hydrogen) atoms. The summed E-state index contributed by atoms with van der Waals surface area (Å²) in [7, 11) is 0. The monoisotopic (exact) mass is 263 g/mol. The molecule has 0 aromatic heterocycles. The van der Waals surface area contributed by atoms with Gasteiger partial charge in [0.15, 0.2) is 6.61 Å².